The molecule has 0 aliphatic heterocycles. The molecule has 0 saturated carbocycles. The third-order valence-corrected chi connectivity index (χ3v) is 3.67. The maximum Gasteiger partial charge on any atom is 0.225 e. The second kappa shape index (κ2) is 8.26. The molecule has 0 fully saturated rings. The molecular weight excluding hydrogens is 328 g/mol. The van der Waals surface area contributed by atoms with E-state index in [0.29, 0.717) is 11.8 Å². The normalized spacial score (nSPS) is 10.7. The van der Waals surface area contributed by atoms with E-state index in [1.54, 1.807) is 36.7 Å². The number of phenolic OH excluding ortho intramolecular Hbond substituents is 1. The Labute approximate surface area is 152 Å². The second-order valence-corrected chi connectivity index (χ2v) is 6.11. The first-order valence-electron chi connectivity index (χ1n) is 8.34. The molecule has 3 aromatic rings. The summed E-state index contributed by atoms with van der Waals surface area (Å²) in [7, 11) is 4.04. The maximum atomic E-state index is 9.43. The van der Waals surface area contributed by atoms with E-state index in [4.69, 9.17) is 0 Å². The number of rotatable bonds is 7. The number of nitrogens with zero attached hydrogens (tertiary/aromatic N) is 4. The highest BCUT2D eigenvalue weighted by atomic mass is 16.3. The van der Waals surface area contributed by atoms with Crippen molar-refractivity contribution in [2.24, 2.45) is 0 Å². The molecule has 3 rings (SSSR count). The first-order chi connectivity index (χ1) is 12.6. The van der Waals surface area contributed by atoms with Gasteiger partial charge in [-0.2, -0.15) is 4.98 Å². The average Bonchev–Trinajstić information content (AvgIpc) is 2.64. The SMILES string of the molecule is CN(C)CCNc1nc(Nc2ccc(O)cc2)cc(-c2cccnc2)n1. The Kier molecular flexibility index (Phi) is 5.60. The number of aromatic hydroxyl groups is 1. The zero-order chi connectivity index (χ0) is 18.4. The monoisotopic (exact) mass is 350 g/mol. The molecule has 134 valence electrons. The minimum absolute atomic E-state index is 0.223. The first kappa shape index (κ1) is 17.6. The largest absolute Gasteiger partial charge is 0.508 e. The molecule has 0 aliphatic rings. The predicted molar refractivity (Wildman–Crippen MR) is 104 cm³/mol. The summed E-state index contributed by atoms with van der Waals surface area (Å²) in [5.41, 5.74) is 2.53. The summed E-state index contributed by atoms with van der Waals surface area (Å²) in [6.45, 7) is 1.61. The fourth-order valence-corrected chi connectivity index (χ4v) is 2.34. The molecule has 7 nitrogen and oxygen atoms in total. The van der Waals surface area contributed by atoms with E-state index in [2.05, 4.69) is 30.5 Å². The van der Waals surface area contributed by atoms with Gasteiger partial charge in [-0.15, -0.1) is 0 Å². The van der Waals surface area contributed by atoms with E-state index in [1.807, 2.05) is 32.3 Å². The third kappa shape index (κ3) is 4.90. The zero-order valence-electron chi connectivity index (χ0n) is 14.8. The quantitative estimate of drug-likeness (QED) is 0.565. The van der Waals surface area contributed by atoms with Crippen molar-refractivity contribution in [3.05, 3.63) is 54.9 Å². The molecule has 0 radical (unpaired) electrons. The van der Waals surface area contributed by atoms with E-state index in [0.717, 1.165) is 30.0 Å². The summed E-state index contributed by atoms with van der Waals surface area (Å²) in [4.78, 5) is 15.4. The Morgan fingerprint density at radius 2 is 1.88 bits per heavy atom. The predicted octanol–water partition coefficient (Wildman–Crippen LogP) is 2.96. The van der Waals surface area contributed by atoms with Crippen molar-refractivity contribution in [1.82, 2.24) is 19.9 Å². The van der Waals surface area contributed by atoms with Crippen LogP contribution in [-0.4, -0.2) is 52.1 Å². The number of likely N-dealkylation sites (N-methyl/N-ethyl adjacent to an activating group) is 1. The summed E-state index contributed by atoms with van der Waals surface area (Å²) < 4.78 is 0. The number of hydrogen-bond acceptors (Lipinski definition) is 7. The van der Waals surface area contributed by atoms with E-state index in [9.17, 15) is 5.11 Å². The van der Waals surface area contributed by atoms with Crippen LogP contribution in [0.3, 0.4) is 0 Å². The molecule has 7 heteroatoms. The van der Waals surface area contributed by atoms with Gasteiger partial charge in [0.25, 0.3) is 0 Å². The number of anilines is 3. The number of phenols is 1. The van der Waals surface area contributed by atoms with E-state index < -0.39 is 0 Å². The van der Waals surface area contributed by atoms with E-state index in [1.165, 1.54) is 0 Å². The van der Waals surface area contributed by atoms with Gasteiger partial charge in [0.2, 0.25) is 5.95 Å². The van der Waals surface area contributed by atoms with Gasteiger partial charge in [-0.3, -0.25) is 4.98 Å². The zero-order valence-corrected chi connectivity index (χ0v) is 14.8. The number of aromatic nitrogens is 3. The van der Waals surface area contributed by atoms with Gasteiger partial charge >= 0.3 is 0 Å². The molecule has 2 aromatic heterocycles. The third-order valence-electron chi connectivity index (χ3n) is 3.67. The van der Waals surface area contributed by atoms with E-state index >= 15 is 0 Å². The number of nitrogens with one attached hydrogen (secondary N) is 2. The van der Waals surface area contributed by atoms with Crippen LogP contribution in [0.1, 0.15) is 0 Å². The maximum absolute atomic E-state index is 9.43. The van der Waals surface area contributed by atoms with Crippen LogP contribution in [0.4, 0.5) is 17.5 Å². The number of pyridine rings is 1. The molecule has 0 aliphatic carbocycles. The average molecular weight is 350 g/mol. The van der Waals surface area contributed by atoms with Crippen LogP contribution in [0.2, 0.25) is 0 Å². The molecule has 0 saturated heterocycles. The van der Waals surface area contributed by atoms with Gasteiger partial charge in [-0.25, -0.2) is 4.98 Å². The van der Waals surface area contributed by atoms with Gasteiger partial charge in [0.1, 0.15) is 11.6 Å². The lowest BCUT2D eigenvalue weighted by Crippen LogP contribution is -2.21. The smallest absolute Gasteiger partial charge is 0.225 e. The molecule has 0 unspecified atom stereocenters. The summed E-state index contributed by atoms with van der Waals surface area (Å²) in [5, 5.41) is 15.9. The van der Waals surface area contributed by atoms with Crippen molar-refractivity contribution in [1.29, 1.82) is 0 Å². The lowest BCUT2D eigenvalue weighted by Gasteiger charge is -2.13. The summed E-state index contributed by atoms with van der Waals surface area (Å²) in [6, 6.07) is 12.6. The molecule has 2 heterocycles. The first-order valence-corrected chi connectivity index (χ1v) is 8.34. The number of hydrogen-bond donors (Lipinski definition) is 3. The van der Waals surface area contributed by atoms with Crippen LogP contribution >= 0.6 is 0 Å². The molecular formula is C19H22N6O. The van der Waals surface area contributed by atoms with Crippen LogP contribution in [0, 0.1) is 0 Å². The highest BCUT2D eigenvalue weighted by Gasteiger charge is 2.08. The van der Waals surface area contributed by atoms with Crippen LogP contribution in [-0.2, 0) is 0 Å². The van der Waals surface area contributed by atoms with Gasteiger partial charge in [0.15, 0.2) is 0 Å². The lowest BCUT2D eigenvalue weighted by molar-refractivity contribution is 0.425. The van der Waals surface area contributed by atoms with Crippen molar-refractivity contribution < 1.29 is 5.11 Å². The highest BCUT2D eigenvalue weighted by molar-refractivity contribution is 5.67. The topological polar surface area (TPSA) is 86.2 Å². The second-order valence-electron chi connectivity index (χ2n) is 6.11. The van der Waals surface area contributed by atoms with Crippen molar-refractivity contribution in [2.45, 2.75) is 0 Å². The van der Waals surface area contributed by atoms with Crippen LogP contribution in [0.25, 0.3) is 11.3 Å². The van der Waals surface area contributed by atoms with Gasteiger partial charge in [0.05, 0.1) is 5.69 Å². The summed E-state index contributed by atoms with van der Waals surface area (Å²) in [6.07, 6.45) is 3.51. The summed E-state index contributed by atoms with van der Waals surface area (Å²) >= 11 is 0. The van der Waals surface area contributed by atoms with Crippen molar-refractivity contribution in [3.8, 4) is 17.0 Å². The molecule has 26 heavy (non-hydrogen) atoms. The van der Waals surface area contributed by atoms with Crippen LogP contribution in [0.15, 0.2) is 54.9 Å². The fraction of sp³-hybridized carbons (Fsp3) is 0.211. The van der Waals surface area contributed by atoms with Gasteiger partial charge in [0, 0.05) is 42.8 Å². The van der Waals surface area contributed by atoms with Gasteiger partial charge < -0.3 is 20.6 Å². The Bertz CT molecular complexity index is 836. The fourth-order valence-electron chi connectivity index (χ4n) is 2.34. The Morgan fingerprint density at radius 1 is 1.08 bits per heavy atom. The van der Waals surface area contributed by atoms with Gasteiger partial charge in [-0.05, 0) is 50.5 Å². The highest BCUT2D eigenvalue weighted by Crippen LogP contribution is 2.24. The van der Waals surface area contributed by atoms with Crippen LogP contribution < -0.4 is 10.6 Å². The van der Waals surface area contributed by atoms with E-state index in [-0.39, 0.29) is 5.75 Å². The molecule has 1 aromatic carbocycles. The molecule has 0 spiro atoms. The standard InChI is InChI=1S/C19H22N6O/c1-25(2)11-10-21-19-23-17(14-4-3-9-20-13-14)12-18(24-19)22-15-5-7-16(26)8-6-15/h3-9,12-13,26H,10-11H2,1-2H3,(H2,21,22,23,24). The Morgan fingerprint density at radius 3 is 2.58 bits per heavy atom. The lowest BCUT2D eigenvalue weighted by atomic mass is 10.2. The summed E-state index contributed by atoms with van der Waals surface area (Å²) in [5.74, 6) is 1.44. The number of benzene rings is 1. The minimum Gasteiger partial charge on any atom is -0.508 e. The van der Waals surface area contributed by atoms with Crippen molar-refractivity contribution in [3.63, 3.8) is 0 Å². The van der Waals surface area contributed by atoms with Crippen LogP contribution in [0.5, 0.6) is 5.75 Å². The Balaban J connectivity index is 1.87. The molecule has 3 N–H and O–H groups in total. The van der Waals surface area contributed by atoms with Gasteiger partial charge in [-0.1, -0.05) is 0 Å². The van der Waals surface area contributed by atoms with Crippen molar-refractivity contribution in [2.75, 3.05) is 37.8 Å². The minimum atomic E-state index is 0.223. The molecule has 0 atom stereocenters. The molecule has 0 bridgehead atoms. The molecule has 0 amide bonds. The van der Waals surface area contributed by atoms with Crippen molar-refractivity contribution >= 4 is 17.5 Å². The Hall–Kier alpha value is -3.19.